The minimum atomic E-state index is -3.88. The van der Waals surface area contributed by atoms with E-state index in [0.717, 1.165) is 57.6 Å². The Morgan fingerprint density at radius 2 is 1.77 bits per heavy atom. The van der Waals surface area contributed by atoms with Gasteiger partial charge < -0.3 is 14.6 Å². The van der Waals surface area contributed by atoms with Crippen molar-refractivity contribution in [2.75, 3.05) is 6.61 Å². The Bertz CT molecular complexity index is 1930. The summed E-state index contributed by atoms with van der Waals surface area (Å²) in [4.78, 5) is 31.0. The average molecular weight is 690 g/mol. The highest BCUT2D eigenvalue weighted by atomic mass is 32.2. The number of aliphatic hydroxyl groups is 1. The lowest BCUT2D eigenvalue weighted by Gasteiger charge is -2.21. The van der Waals surface area contributed by atoms with E-state index in [2.05, 4.69) is 51.3 Å². The third-order valence-corrected chi connectivity index (χ3v) is 11.3. The summed E-state index contributed by atoms with van der Waals surface area (Å²) in [7, 11) is -3.88. The molecule has 0 spiro atoms. The number of benzene rings is 3. The first-order valence-corrected chi connectivity index (χ1v) is 18.4. The molecule has 0 radical (unpaired) electrons. The predicted molar refractivity (Wildman–Crippen MR) is 189 cm³/mol. The number of hydrogen-bond donors (Lipinski definition) is 2. The number of thiazole rings is 1. The molecule has 0 aliphatic carbocycles. The second-order valence-electron chi connectivity index (χ2n) is 13.4. The van der Waals surface area contributed by atoms with Gasteiger partial charge in [0.25, 0.3) is 5.91 Å². The van der Waals surface area contributed by atoms with Crippen LogP contribution in [0.2, 0.25) is 0 Å². The molecule has 4 aromatic rings. The van der Waals surface area contributed by atoms with Crippen LogP contribution in [0.5, 0.6) is 0 Å². The molecule has 0 saturated heterocycles. The molecule has 11 heteroatoms. The van der Waals surface area contributed by atoms with Gasteiger partial charge >= 0.3 is 6.09 Å². The fraction of sp³-hybridized carbons (Fsp3) is 0.378. The lowest BCUT2D eigenvalue weighted by molar-refractivity contribution is -0.117. The zero-order chi connectivity index (χ0) is 34.7. The van der Waals surface area contributed by atoms with Gasteiger partial charge in [0.05, 0.1) is 25.8 Å². The summed E-state index contributed by atoms with van der Waals surface area (Å²) < 4.78 is 32.0. The van der Waals surface area contributed by atoms with E-state index in [-0.39, 0.29) is 15.6 Å². The van der Waals surface area contributed by atoms with Crippen molar-refractivity contribution in [2.24, 2.45) is 4.36 Å². The van der Waals surface area contributed by atoms with Crippen molar-refractivity contribution in [3.8, 4) is 22.3 Å². The first-order chi connectivity index (χ1) is 22.6. The molecule has 1 unspecified atom stereocenters. The maximum absolute atomic E-state index is 14.4. The molecule has 0 bridgehead atoms. The van der Waals surface area contributed by atoms with E-state index in [1.165, 1.54) is 17.3 Å². The van der Waals surface area contributed by atoms with E-state index in [9.17, 15) is 18.9 Å². The molecule has 48 heavy (non-hydrogen) atoms. The van der Waals surface area contributed by atoms with Gasteiger partial charge in [-0.2, -0.15) is 0 Å². The number of nitrogens with zero attached hydrogens (tertiary/aromatic N) is 2. The third kappa shape index (κ3) is 8.57. The smallest absolute Gasteiger partial charge is 0.420 e. The van der Waals surface area contributed by atoms with E-state index in [4.69, 9.17) is 9.47 Å². The Balaban J connectivity index is 1.61. The van der Waals surface area contributed by atoms with Crippen LogP contribution in [-0.2, 0) is 55.7 Å². The predicted octanol–water partition coefficient (Wildman–Crippen LogP) is 7.77. The van der Waals surface area contributed by atoms with E-state index < -0.39 is 33.1 Å². The third-order valence-electron chi connectivity index (χ3n) is 7.72. The highest BCUT2D eigenvalue weighted by molar-refractivity contribution is 7.94. The van der Waals surface area contributed by atoms with Gasteiger partial charge in [0, 0.05) is 0 Å². The number of carbonyl (C=O) groups is 2. The first-order valence-electron chi connectivity index (χ1n) is 16.1. The van der Waals surface area contributed by atoms with Crippen LogP contribution in [0.15, 0.2) is 75.4 Å². The van der Waals surface area contributed by atoms with Crippen molar-refractivity contribution in [3.05, 3.63) is 94.1 Å². The van der Waals surface area contributed by atoms with Gasteiger partial charge in [-0.25, -0.2) is 18.7 Å². The second kappa shape index (κ2) is 14.3. The number of hydrogen-bond acceptors (Lipinski definition) is 8. The summed E-state index contributed by atoms with van der Waals surface area (Å²) in [6, 6.07) is 20.6. The standard InChI is InChI=1S/C37H43N3O6S2/c1-7-11-27-19-29(25-14-15-28-23-45-17-16-26(28)18-25)20-30(24-12-9-8-10-13-24)31(27)21-32(41)39-48(44,40-35(42)46-36(2,3)4)33-22-38-34(47-33)37(5,6)43/h8-10,12-15,18-20,22,43H,7,11,16-17,21,23H2,1-6H3,(H,39,40,41,42,44). The van der Waals surface area contributed by atoms with Gasteiger partial charge in [-0.3, -0.25) is 4.79 Å². The number of rotatable bonds is 9. The molecule has 1 atom stereocenters. The highest BCUT2D eigenvalue weighted by Crippen LogP contribution is 2.36. The molecular formula is C37H43N3O6S2. The molecular weight excluding hydrogens is 647 g/mol. The van der Waals surface area contributed by atoms with Gasteiger partial charge in [0.2, 0.25) is 0 Å². The van der Waals surface area contributed by atoms with Crippen LogP contribution in [0.1, 0.15) is 75.2 Å². The number of ether oxygens (including phenoxy) is 2. The molecule has 254 valence electrons. The molecule has 5 rings (SSSR count). The highest BCUT2D eigenvalue weighted by Gasteiger charge is 2.29. The van der Waals surface area contributed by atoms with Crippen LogP contribution in [0, 0.1) is 0 Å². The van der Waals surface area contributed by atoms with Crippen molar-refractivity contribution in [3.63, 3.8) is 0 Å². The number of amides is 2. The zero-order valence-corrected chi connectivity index (χ0v) is 29.9. The van der Waals surface area contributed by atoms with Crippen LogP contribution in [0.4, 0.5) is 4.79 Å². The molecule has 1 aliphatic rings. The quantitative estimate of drug-likeness (QED) is 0.184. The van der Waals surface area contributed by atoms with Crippen molar-refractivity contribution in [1.29, 1.82) is 0 Å². The van der Waals surface area contributed by atoms with E-state index >= 15 is 0 Å². The Morgan fingerprint density at radius 1 is 1.02 bits per heavy atom. The Hall–Kier alpha value is -3.90. The normalized spacial score (nSPS) is 14.5. The van der Waals surface area contributed by atoms with Crippen LogP contribution >= 0.6 is 11.3 Å². The Morgan fingerprint density at radius 3 is 2.44 bits per heavy atom. The lowest BCUT2D eigenvalue weighted by atomic mass is 9.86. The largest absolute Gasteiger partial charge is 0.443 e. The molecule has 2 N–H and O–H groups in total. The van der Waals surface area contributed by atoms with Crippen molar-refractivity contribution in [2.45, 2.75) is 89.2 Å². The summed E-state index contributed by atoms with van der Waals surface area (Å²) in [5.74, 6) is -0.676. The fourth-order valence-corrected chi connectivity index (χ4v) is 8.17. The van der Waals surface area contributed by atoms with Gasteiger partial charge in [0.15, 0.2) is 9.92 Å². The summed E-state index contributed by atoms with van der Waals surface area (Å²) in [6.07, 6.45) is 2.55. The SMILES string of the molecule is CCCc1cc(-c2ccc3c(c2)CCOC3)cc(-c2ccccc2)c1CC(=O)N=S(=O)(NC(=O)OC(C)(C)C)c1cnc(C(C)(C)O)s1. The molecule has 1 aromatic heterocycles. The second-order valence-corrected chi connectivity index (χ2v) is 16.6. The molecule has 2 amide bonds. The molecule has 2 heterocycles. The van der Waals surface area contributed by atoms with Crippen LogP contribution in [0.25, 0.3) is 22.3 Å². The Kier molecular flexibility index (Phi) is 10.5. The first kappa shape index (κ1) is 35.4. The average Bonchev–Trinajstić information content (AvgIpc) is 3.54. The molecule has 0 saturated carbocycles. The summed E-state index contributed by atoms with van der Waals surface area (Å²) in [6.45, 7) is 11.5. The van der Waals surface area contributed by atoms with Crippen molar-refractivity contribution < 1.29 is 28.4 Å². The van der Waals surface area contributed by atoms with Gasteiger partial charge in [-0.15, -0.1) is 15.7 Å². The van der Waals surface area contributed by atoms with E-state index in [1.807, 2.05) is 30.3 Å². The summed E-state index contributed by atoms with van der Waals surface area (Å²) >= 11 is 0.915. The number of aromatic nitrogens is 1. The zero-order valence-electron chi connectivity index (χ0n) is 28.3. The van der Waals surface area contributed by atoms with E-state index in [0.29, 0.717) is 19.6 Å². The van der Waals surface area contributed by atoms with Gasteiger partial charge in [0.1, 0.15) is 20.4 Å². The minimum absolute atomic E-state index is 0.0315. The minimum Gasteiger partial charge on any atom is -0.443 e. The van der Waals surface area contributed by atoms with Crippen molar-refractivity contribution >= 4 is 33.3 Å². The van der Waals surface area contributed by atoms with Gasteiger partial charge in [-0.1, -0.05) is 67.9 Å². The maximum Gasteiger partial charge on any atom is 0.420 e. The molecule has 0 fully saturated rings. The fourth-order valence-electron chi connectivity index (χ4n) is 5.55. The van der Waals surface area contributed by atoms with Crippen LogP contribution in [-0.4, -0.2) is 38.5 Å². The number of fused-ring (bicyclic) bond motifs is 1. The summed E-state index contributed by atoms with van der Waals surface area (Å²) in [5, 5.41) is 10.8. The summed E-state index contributed by atoms with van der Waals surface area (Å²) in [5.41, 5.74) is 6.00. The lowest BCUT2D eigenvalue weighted by Crippen LogP contribution is -2.36. The van der Waals surface area contributed by atoms with E-state index in [1.54, 1.807) is 34.6 Å². The number of aryl methyl sites for hydroxylation is 1. The molecule has 1 aliphatic heterocycles. The monoisotopic (exact) mass is 689 g/mol. The van der Waals surface area contributed by atoms with Crippen molar-refractivity contribution in [1.82, 2.24) is 9.71 Å². The molecule has 9 nitrogen and oxygen atoms in total. The van der Waals surface area contributed by atoms with Crippen LogP contribution in [0.3, 0.4) is 0 Å². The topological polar surface area (TPSA) is 127 Å². The number of nitrogens with one attached hydrogen (secondary N) is 1. The number of carbonyl (C=O) groups excluding carboxylic acids is 2. The maximum atomic E-state index is 14.4. The van der Waals surface area contributed by atoms with Crippen LogP contribution < -0.4 is 4.72 Å². The molecule has 3 aromatic carbocycles. The Labute approximate surface area is 287 Å². The van der Waals surface area contributed by atoms with Gasteiger partial charge in [-0.05, 0) is 98.0 Å².